The van der Waals surface area contributed by atoms with Crippen molar-refractivity contribution in [2.45, 2.75) is 27.7 Å². The Morgan fingerprint density at radius 1 is 1.24 bits per heavy atom. The molecule has 0 aliphatic rings. The second kappa shape index (κ2) is 6.26. The quantitative estimate of drug-likeness (QED) is 0.872. The van der Waals surface area contributed by atoms with Gasteiger partial charge in [0.15, 0.2) is 5.69 Å². The predicted molar refractivity (Wildman–Crippen MR) is 83.1 cm³/mol. The second-order valence-corrected chi connectivity index (χ2v) is 5.24. The van der Waals surface area contributed by atoms with Crippen LogP contribution in [0.25, 0.3) is 5.69 Å². The number of amides is 1. The van der Waals surface area contributed by atoms with Gasteiger partial charge in [0.05, 0.1) is 11.4 Å². The molecule has 0 radical (unpaired) electrons. The van der Waals surface area contributed by atoms with Gasteiger partial charge in [0.1, 0.15) is 0 Å². The third-order valence-electron chi connectivity index (χ3n) is 3.42. The van der Waals surface area contributed by atoms with Gasteiger partial charge in [0.2, 0.25) is 0 Å². The molecule has 1 aromatic carbocycles. The first kappa shape index (κ1) is 15.5. The SMILES string of the molecule is CCN(CC)C(=O)c1nn(-c2ccc(C)c(Cl)c2)nc1C. The fourth-order valence-electron chi connectivity index (χ4n) is 2.06. The third-order valence-corrected chi connectivity index (χ3v) is 3.83. The molecule has 5 nitrogen and oxygen atoms in total. The van der Waals surface area contributed by atoms with Gasteiger partial charge >= 0.3 is 0 Å². The van der Waals surface area contributed by atoms with E-state index in [1.54, 1.807) is 17.9 Å². The Labute approximate surface area is 129 Å². The summed E-state index contributed by atoms with van der Waals surface area (Å²) in [5, 5.41) is 9.30. The molecular weight excluding hydrogens is 288 g/mol. The summed E-state index contributed by atoms with van der Waals surface area (Å²) < 4.78 is 0. The maximum Gasteiger partial charge on any atom is 0.276 e. The van der Waals surface area contributed by atoms with Crippen molar-refractivity contribution in [3.05, 3.63) is 40.2 Å². The smallest absolute Gasteiger partial charge is 0.276 e. The van der Waals surface area contributed by atoms with Crippen LogP contribution in [-0.4, -0.2) is 38.9 Å². The van der Waals surface area contributed by atoms with Crippen LogP contribution in [0.4, 0.5) is 0 Å². The van der Waals surface area contributed by atoms with Crippen molar-refractivity contribution in [1.82, 2.24) is 19.9 Å². The molecule has 2 rings (SSSR count). The minimum absolute atomic E-state index is 0.0954. The Bertz CT molecular complexity index is 662. The van der Waals surface area contributed by atoms with Crippen molar-refractivity contribution in [1.29, 1.82) is 0 Å². The molecule has 0 unspecified atom stereocenters. The van der Waals surface area contributed by atoms with E-state index in [9.17, 15) is 4.79 Å². The molecule has 112 valence electrons. The van der Waals surface area contributed by atoms with Crippen LogP contribution in [0.3, 0.4) is 0 Å². The lowest BCUT2D eigenvalue weighted by molar-refractivity contribution is 0.0766. The summed E-state index contributed by atoms with van der Waals surface area (Å²) in [6, 6.07) is 5.58. The first-order valence-corrected chi connectivity index (χ1v) is 7.35. The molecule has 1 amide bonds. The summed E-state index contributed by atoms with van der Waals surface area (Å²) in [4.78, 5) is 15.6. The third kappa shape index (κ3) is 3.08. The molecule has 0 fully saturated rings. The number of rotatable bonds is 4. The van der Waals surface area contributed by atoms with E-state index in [2.05, 4.69) is 10.2 Å². The number of carbonyl (C=O) groups is 1. The molecule has 0 N–H and O–H groups in total. The van der Waals surface area contributed by atoms with Crippen LogP contribution in [0, 0.1) is 13.8 Å². The average Bonchev–Trinajstić information content (AvgIpc) is 2.85. The maximum absolute atomic E-state index is 12.4. The molecule has 0 saturated heterocycles. The molecular formula is C15H19ClN4O. The number of hydrogen-bond acceptors (Lipinski definition) is 3. The van der Waals surface area contributed by atoms with Crippen LogP contribution in [0.1, 0.15) is 35.6 Å². The Balaban J connectivity index is 2.39. The van der Waals surface area contributed by atoms with Gasteiger partial charge in [-0.1, -0.05) is 17.7 Å². The van der Waals surface area contributed by atoms with E-state index in [1.807, 2.05) is 32.9 Å². The predicted octanol–water partition coefficient (Wildman–Crippen LogP) is 3.02. The normalized spacial score (nSPS) is 10.7. The molecule has 0 bridgehead atoms. The highest BCUT2D eigenvalue weighted by atomic mass is 35.5. The van der Waals surface area contributed by atoms with Crippen LogP contribution in [0.2, 0.25) is 5.02 Å². The Kier molecular flexibility index (Phi) is 4.63. The van der Waals surface area contributed by atoms with Crippen LogP contribution in [-0.2, 0) is 0 Å². The molecule has 21 heavy (non-hydrogen) atoms. The van der Waals surface area contributed by atoms with E-state index in [0.717, 1.165) is 11.3 Å². The van der Waals surface area contributed by atoms with Crippen LogP contribution >= 0.6 is 11.6 Å². The van der Waals surface area contributed by atoms with E-state index in [-0.39, 0.29) is 5.91 Å². The van der Waals surface area contributed by atoms with Crippen molar-refractivity contribution in [3.63, 3.8) is 0 Å². The van der Waals surface area contributed by atoms with Crippen molar-refractivity contribution >= 4 is 17.5 Å². The minimum Gasteiger partial charge on any atom is -0.338 e. The number of nitrogens with zero attached hydrogens (tertiary/aromatic N) is 4. The van der Waals surface area contributed by atoms with E-state index >= 15 is 0 Å². The lowest BCUT2D eigenvalue weighted by Gasteiger charge is -2.16. The van der Waals surface area contributed by atoms with Crippen molar-refractivity contribution in [3.8, 4) is 5.69 Å². The number of aryl methyl sites for hydroxylation is 2. The summed E-state index contributed by atoms with van der Waals surface area (Å²) >= 11 is 6.12. The highest BCUT2D eigenvalue weighted by molar-refractivity contribution is 6.31. The van der Waals surface area contributed by atoms with Gasteiger partial charge < -0.3 is 4.90 Å². The summed E-state index contributed by atoms with van der Waals surface area (Å²) in [7, 11) is 0. The Hall–Kier alpha value is -1.88. The summed E-state index contributed by atoms with van der Waals surface area (Å²) in [6.07, 6.45) is 0. The van der Waals surface area contributed by atoms with Crippen molar-refractivity contribution in [2.24, 2.45) is 0 Å². The Morgan fingerprint density at radius 2 is 1.90 bits per heavy atom. The molecule has 0 saturated carbocycles. The molecule has 0 spiro atoms. The van der Waals surface area contributed by atoms with E-state index in [1.165, 1.54) is 4.80 Å². The zero-order valence-electron chi connectivity index (χ0n) is 12.7. The maximum atomic E-state index is 12.4. The number of hydrogen-bond donors (Lipinski definition) is 0. The van der Waals surface area contributed by atoms with Crippen LogP contribution < -0.4 is 0 Å². The molecule has 6 heteroatoms. The number of carbonyl (C=O) groups excluding carboxylic acids is 1. The topological polar surface area (TPSA) is 51.0 Å². The van der Waals surface area contributed by atoms with Gasteiger partial charge in [-0.25, -0.2) is 0 Å². The second-order valence-electron chi connectivity index (χ2n) is 4.83. The lowest BCUT2D eigenvalue weighted by Crippen LogP contribution is -2.31. The molecule has 1 aromatic heterocycles. The number of aromatic nitrogens is 3. The molecule has 1 heterocycles. The summed E-state index contributed by atoms with van der Waals surface area (Å²) in [5.74, 6) is -0.0954. The van der Waals surface area contributed by atoms with Gasteiger partial charge in [-0.3, -0.25) is 4.79 Å². The number of benzene rings is 1. The van der Waals surface area contributed by atoms with Gasteiger partial charge in [0.25, 0.3) is 5.91 Å². The van der Waals surface area contributed by atoms with Gasteiger partial charge in [-0.05, 0) is 45.4 Å². The zero-order chi connectivity index (χ0) is 15.6. The van der Waals surface area contributed by atoms with Crippen LogP contribution in [0.5, 0.6) is 0 Å². The Morgan fingerprint density at radius 3 is 2.48 bits per heavy atom. The molecule has 2 aromatic rings. The largest absolute Gasteiger partial charge is 0.338 e. The van der Waals surface area contributed by atoms with Crippen LogP contribution in [0.15, 0.2) is 18.2 Å². The fourth-order valence-corrected chi connectivity index (χ4v) is 2.23. The van der Waals surface area contributed by atoms with E-state index < -0.39 is 0 Å². The van der Waals surface area contributed by atoms with Gasteiger partial charge in [-0.15, -0.1) is 5.10 Å². The number of halogens is 1. The highest BCUT2D eigenvalue weighted by Crippen LogP contribution is 2.19. The first-order chi connectivity index (χ1) is 9.97. The standard InChI is InChI=1S/C15H19ClN4O/c1-5-19(6-2)15(21)14-11(4)17-20(18-14)12-8-7-10(3)13(16)9-12/h7-9H,5-6H2,1-4H3. The highest BCUT2D eigenvalue weighted by Gasteiger charge is 2.20. The van der Waals surface area contributed by atoms with Gasteiger partial charge in [-0.2, -0.15) is 9.90 Å². The molecule has 0 atom stereocenters. The lowest BCUT2D eigenvalue weighted by atomic mass is 10.2. The minimum atomic E-state index is -0.0954. The van der Waals surface area contributed by atoms with Crippen molar-refractivity contribution < 1.29 is 4.79 Å². The fraction of sp³-hybridized carbons (Fsp3) is 0.400. The zero-order valence-corrected chi connectivity index (χ0v) is 13.5. The molecule has 0 aliphatic heterocycles. The van der Waals surface area contributed by atoms with Gasteiger partial charge in [0, 0.05) is 18.1 Å². The monoisotopic (exact) mass is 306 g/mol. The van der Waals surface area contributed by atoms with E-state index in [4.69, 9.17) is 11.6 Å². The summed E-state index contributed by atoms with van der Waals surface area (Å²) in [5.41, 5.74) is 2.73. The molecule has 0 aliphatic carbocycles. The summed E-state index contributed by atoms with van der Waals surface area (Å²) in [6.45, 7) is 8.91. The van der Waals surface area contributed by atoms with Crippen molar-refractivity contribution in [2.75, 3.05) is 13.1 Å². The average molecular weight is 307 g/mol. The van der Waals surface area contributed by atoms with E-state index in [0.29, 0.717) is 29.5 Å². The first-order valence-electron chi connectivity index (χ1n) is 6.97.